The van der Waals surface area contributed by atoms with Crippen LogP contribution in [0.5, 0.6) is 11.5 Å². The summed E-state index contributed by atoms with van der Waals surface area (Å²) in [7, 11) is 0. The molecular formula is C18H13BrN2O3. The summed E-state index contributed by atoms with van der Waals surface area (Å²) in [5.41, 5.74) is 3.83. The molecule has 1 aliphatic rings. The number of hydrogen-bond donors (Lipinski definition) is 1. The number of halogens is 1. The monoisotopic (exact) mass is 384 g/mol. The molecule has 5 nitrogen and oxygen atoms in total. The third-order valence-corrected chi connectivity index (χ3v) is 4.90. The predicted molar refractivity (Wildman–Crippen MR) is 94.3 cm³/mol. The second-order valence-electron chi connectivity index (χ2n) is 5.47. The molecule has 0 atom stereocenters. The first-order valence-electron chi connectivity index (χ1n) is 7.38. The minimum Gasteiger partial charge on any atom is -0.454 e. The smallest absolute Gasteiger partial charge is 0.231 e. The van der Waals surface area contributed by atoms with E-state index in [1.807, 2.05) is 37.3 Å². The summed E-state index contributed by atoms with van der Waals surface area (Å²) in [6, 6.07) is 9.48. The Kier molecular flexibility index (Phi) is 3.61. The van der Waals surface area contributed by atoms with E-state index >= 15 is 0 Å². The van der Waals surface area contributed by atoms with Crippen molar-refractivity contribution in [2.24, 2.45) is 0 Å². The number of hydrogen-bond acceptors (Lipinski definition) is 4. The maximum absolute atomic E-state index is 12.3. The Hall–Kier alpha value is -2.60. The molecule has 120 valence electrons. The van der Waals surface area contributed by atoms with Crippen molar-refractivity contribution in [2.75, 3.05) is 6.79 Å². The van der Waals surface area contributed by atoms with Crippen molar-refractivity contribution < 1.29 is 9.47 Å². The van der Waals surface area contributed by atoms with Gasteiger partial charge in [-0.3, -0.25) is 9.78 Å². The fourth-order valence-corrected chi connectivity index (χ4v) is 2.92. The molecule has 0 amide bonds. The van der Waals surface area contributed by atoms with Gasteiger partial charge in [-0.2, -0.15) is 0 Å². The Bertz CT molecular complexity index is 981. The number of H-pyrrole nitrogens is 1. The number of aryl methyl sites for hydroxylation is 1. The molecule has 0 fully saturated rings. The molecule has 3 heterocycles. The van der Waals surface area contributed by atoms with Gasteiger partial charge in [-0.25, -0.2) is 0 Å². The summed E-state index contributed by atoms with van der Waals surface area (Å²) in [5.74, 6) is 1.46. The van der Waals surface area contributed by atoms with Crippen molar-refractivity contribution in [3.8, 4) is 33.9 Å². The molecule has 0 aliphatic carbocycles. The lowest BCUT2D eigenvalue weighted by Gasteiger charge is -2.06. The second-order valence-corrected chi connectivity index (χ2v) is 6.26. The summed E-state index contributed by atoms with van der Waals surface area (Å²) >= 11 is 3.32. The zero-order valence-electron chi connectivity index (χ0n) is 12.8. The van der Waals surface area contributed by atoms with Crippen molar-refractivity contribution in [3.05, 3.63) is 63.1 Å². The molecule has 3 aromatic rings. The topological polar surface area (TPSA) is 64.2 Å². The van der Waals surface area contributed by atoms with Gasteiger partial charge in [-0.1, -0.05) is 6.07 Å². The van der Waals surface area contributed by atoms with E-state index in [2.05, 4.69) is 25.9 Å². The maximum Gasteiger partial charge on any atom is 0.231 e. The minimum atomic E-state index is -0.0520. The van der Waals surface area contributed by atoms with Crippen LogP contribution in [0.1, 0.15) is 5.69 Å². The van der Waals surface area contributed by atoms with Crippen LogP contribution in [0.15, 0.2) is 52.0 Å². The van der Waals surface area contributed by atoms with Crippen LogP contribution in [0.2, 0.25) is 0 Å². The van der Waals surface area contributed by atoms with Crippen molar-refractivity contribution in [1.29, 1.82) is 0 Å². The molecular weight excluding hydrogens is 372 g/mol. The number of benzene rings is 1. The van der Waals surface area contributed by atoms with Gasteiger partial charge in [0, 0.05) is 34.8 Å². The lowest BCUT2D eigenvalue weighted by Crippen LogP contribution is -2.08. The average Bonchev–Trinajstić information content (AvgIpc) is 3.08. The summed E-state index contributed by atoms with van der Waals surface area (Å²) in [4.78, 5) is 19.9. The SMILES string of the molecule is Cc1[nH]cc(-c2ccc(-c3ccc4c(c3)OCO4)nc2)c(=O)c1Br. The fraction of sp³-hybridized carbons (Fsp3) is 0.111. The van der Waals surface area contributed by atoms with Gasteiger partial charge in [0.25, 0.3) is 0 Å². The van der Waals surface area contributed by atoms with Crippen molar-refractivity contribution >= 4 is 15.9 Å². The van der Waals surface area contributed by atoms with E-state index in [9.17, 15) is 4.79 Å². The van der Waals surface area contributed by atoms with Crippen LogP contribution in [0, 0.1) is 6.92 Å². The Labute approximate surface area is 146 Å². The van der Waals surface area contributed by atoms with E-state index in [0.29, 0.717) is 10.0 Å². The van der Waals surface area contributed by atoms with Crippen LogP contribution >= 0.6 is 15.9 Å². The van der Waals surface area contributed by atoms with Gasteiger partial charge < -0.3 is 14.5 Å². The van der Waals surface area contributed by atoms with E-state index < -0.39 is 0 Å². The number of ether oxygens (including phenoxy) is 2. The number of nitrogens with zero attached hydrogens (tertiary/aromatic N) is 1. The van der Waals surface area contributed by atoms with E-state index in [0.717, 1.165) is 34.0 Å². The molecule has 0 unspecified atom stereocenters. The zero-order valence-corrected chi connectivity index (χ0v) is 14.4. The third kappa shape index (κ3) is 2.49. The van der Waals surface area contributed by atoms with Gasteiger partial charge in [0.1, 0.15) is 0 Å². The molecule has 4 rings (SSSR count). The first kappa shape index (κ1) is 15.0. The first-order valence-corrected chi connectivity index (χ1v) is 8.17. The number of nitrogens with one attached hydrogen (secondary N) is 1. The normalized spacial score (nSPS) is 12.4. The number of rotatable bonds is 2. The first-order chi connectivity index (χ1) is 11.6. The van der Waals surface area contributed by atoms with Gasteiger partial charge in [-0.15, -0.1) is 0 Å². The highest BCUT2D eigenvalue weighted by atomic mass is 79.9. The van der Waals surface area contributed by atoms with Gasteiger partial charge in [0.15, 0.2) is 11.5 Å². The summed E-state index contributed by atoms with van der Waals surface area (Å²) < 4.78 is 11.2. The molecule has 0 saturated carbocycles. The van der Waals surface area contributed by atoms with E-state index in [-0.39, 0.29) is 12.2 Å². The van der Waals surface area contributed by atoms with Gasteiger partial charge >= 0.3 is 0 Å². The Morgan fingerprint density at radius 2 is 1.92 bits per heavy atom. The second kappa shape index (κ2) is 5.79. The van der Waals surface area contributed by atoms with E-state index in [1.54, 1.807) is 12.4 Å². The van der Waals surface area contributed by atoms with Crippen LogP contribution in [-0.4, -0.2) is 16.8 Å². The molecule has 1 N–H and O–H groups in total. The average molecular weight is 385 g/mol. The number of fused-ring (bicyclic) bond motifs is 1. The van der Waals surface area contributed by atoms with Crippen LogP contribution in [-0.2, 0) is 0 Å². The molecule has 6 heteroatoms. The lowest BCUT2D eigenvalue weighted by atomic mass is 10.1. The summed E-state index contributed by atoms with van der Waals surface area (Å²) in [6.45, 7) is 2.09. The number of aromatic amines is 1. The Morgan fingerprint density at radius 3 is 2.71 bits per heavy atom. The molecule has 1 aliphatic heterocycles. The largest absolute Gasteiger partial charge is 0.454 e. The van der Waals surface area contributed by atoms with E-state index in [1.165, 1.54) is 0 Å². The van der Waals surface area contributed by atoms with Crippen LogP contribution in [0.25, 0.3) is 22.4 Å². The van der Waals surface area contributed by atoms with Crippen molar-refractivity contribution in [3.63, 3.8) is 0 Å². The predicted octanol–water partition coefficient (Wildman–Crippen LogP) is 3.90. The molecule has 0 spiro atoms. The molecule has 0 saturated heterocycles. The standard InChI is InChI=1S/C18H13BrN2O3/c1-10-17(19)18(22)13(8-20-10)12-2-4-14(21-7-12)11-3-5-15-16(6-11)24-9-23-15/h2-8H,9H2,1H3,(H,20,22). The molecule has 2 aromatic heterocycles. The summed E-state index contributed by atoms with van der Waals surface area (Å²) in [6.07, 6.45) is 3.41. The highest BCUT2D eigenvalue weighted by Gasteiger charge is 2.14. The highest BCUT2D eigenvalue weighted by molar-refractivity contribution is 9.10. The molecule has 0 radical (unpaired) electrons. The number of aromatic nitrogens is 2. The highest BCUT2D eigenvalue weighted by Crippen LogP contribution is 2.35. The Morgan fingerprint density at radius 1 is 1.12 bits per heavy atom. The molecule has 0 bridgehead atoms. The lowest BCUT2D eigenvalue weighted by molar-refractivity contribution is 0.174. The summed E-state index contributed by atoms with van der Waals surface area (Å²) in [5, 5.41) is 0. The van der Waals surface area contributed by atoms with Gasteiger partial charge in [-0.05, 0) is 47.1 Å². The van der Waals surface area contributed by atoms with Gasteiger partial charge in [0.2, 0.25) is 12.2 Å². The van der Waals surface area contributed by atoms with Crippen molar-refractivity contribution in [1.82, 2.24) is 9.97 Å². The fourth-order valence-electron chi connectivity index (χ4n) is 2.59. The quantitative estimate of drug-likeness (QED) is 0.727. The molecule has 1 aromatic carbocycles. The van der Waals surface area contributed by atoms with Gasteiger partial charge in [0.05, 0.1) is 10.2 Å². The van der Waals surface area contributed by atoms with E-state index in [4.69, 9.17) is 9.47 Å². The molecule has 24 heavy (non-hydrogen) atoms. The van der Waals surface area contributed by atoms with Crippen molar-refractivity contribution in [2.45, 2.75) is 6.92 Å². The minimum absolute atomic E-state index is 0.0520. The zero-order chi connectivity index (χ0) is 16.7. The van der Waals surface area contributed by atoms with Crippen LogP contribution in [0.3, 0.4) is 0 Å². The third-order valence-electron chi connectivity index (χ3n) is 3.95. The maximum atomic E-state index is 12.3. The Balaban J connectivity index is 1.71. The van der Waals surface area contributed by atoms with Crippen LogP contribution < -0.4 is 14.9 Å². The number of pyridine rings is 2. The van der Waals surface area contributed by atoms with Crippen LogP contribution in [0.4, 0.5) is 0 Å².